The standard InChI is InChI=1S/3C12H8F3N.Ir/c3*13-12(14,15)10-6-7-11(16-8-10)9-4-2-1-3-5-9;/h3*1-8H;. The van der Waals surface area contributed by atoms with Gasteiger partial charge in [-0.1, -0.05) is 91.0 Å². The van der Waals surface area contributed by atoms with Crippen molar-refractivity contribution in [3.05, 3.63) is 163 Å². The Morgan fingerprint density at radius 3 is 0.694 bits per heavy atom. The number of nitrogens with zero attached hydrogens (tertiary/aromatic N) is 3. The molecular formula is C36H24F9IrN3. The molecule has 0 unspecified atom stereocenters. The Morgan fingerprint density at radius 1 is 0.306 bits per heavy atom. The molecule has 0 saturated heterocycles. The van der Waals surface area contributed by atoms with Crippen LogP contribution in [0.25, 0.3) is 33.8 Å². The summed E-state index contributed by atoms with van der Waals surface area (Å²) in [5.41, 5.74) is 1.83. The topological polar surface area (TPSA) is 38.7 Å². The van der Waals surface area contributed by atoms with Crippen molar-refractivity contribution < 1.29 is 59.6 Å². The predicted molar refractivity (Wildman–Crippen MR) is 164 cm³/mol. The van der Waals surface area contributed by atoms with Gasteiger partial charge >= 0.3 is 18.5 Å². The molecule has 0 N–H and O–H groups in total. The molecule has 0 aliphatic rings. The van der Waals surface area contributed by atoms with E-state index in [1.165, 1.54) is 18.2 Å². The number of benzene rings is 3. The maximum absolute atomic E-state index is 12.3. The number of rotatable bonds is 3. The average Bonchev–Trinajstić information content (AvgIpc) is 3.09. The number of pyridine rings is 3. The van der Waals surface area contributed by atoms with E-state index in [9.17, 15) is 39.5 Å². The minimum absolute atomic E-state index is 0. The van der Waals surface area contributed by atoms with E-state index in [1.54, 1.807) is 36.4 Å². The predicted octanol–water partition coefficient (Wildman–Crippen LogP) is 11.3. The molecule has 0 aliphatic heterocycles. The van der Waals surface area contributed by atoms with Crippen molar-refractivity contribution >= 4 is 0 Å². The van der Waals surface area contributed by atoms with Gasteiger partial charge in [0.1, 0.15) is 0 Å². The van der Waals surface area contributed by atoms with Crippen LogP contribution in [0.4, 0.5) is 39.5 Å². The van der Waals surface area contributed by atoms with E-state index in [4.69, 9.17) is 0 Å². The summed E-state index contributed by atoms with van der Waals surface area (Å²) in [4.78, 5) is 11.4. The third-order valence-electron chi connectivity index (χ3n) is 6.48. The molecule has 0 amide bonds. The zero-order chi connectivity index (χ0) is 34.8. The van der Waals surface area contributed by atoms with Crippen LogP contribution < -0.4 is 0 Å². The van der Waals surface area contributed by atoms with E-state index < -0.39 is 35.2 Å². The smallest absolute Gasteiger partial charge is 0.256 e. The van der Waals surface area contributed by atoms with Crippen molar-refractivity contribution in [2.75, 3.05) is 0 Å². The van der Waals surface area contributed by atoms with Crippen LogP contribution in [0.3, 0.4) is 0 Å². The number of hydrogen-bond donors (Lipinski definition) is 0. The summed E-state index contributed by atoms with van der Waals surface area (Å²) in [7, 11) is 0. The minimum atomic E-state index is -4.33. The summed E-state index contributed by atoms with van der Waals surface area (Å²) in [6.45, 7) is 0. The molecule has 3 nitrogen and oxygen atoms in total. The van der Waals surface area contributed by atoms with Gasteiger partial charge in [-0.3, -0.25) is 15.0 Å². The first-order valence-electron chi connectivity index (χ1n) is 14.0. The maximum atomic E-state index is 12.3. The zero-order valence-corrected chi connectivity index (χ0v) is 27.3. The van der Waals surface area contributed by atoms with Gasteiger partial charge in [0.05, 0.1) is 33.8 Å². The van der Waals surface area contributed by atoms with E-state index in [0.717, 1.165) is 53.5 Å². The Bertz CT molecular complexity index is 1610. The fraction of sp³-hybridized carbons (Fsp3) is 0.0833. The molecule has 0 aliphatic carbocycles. The van der Waals surface area contributed by atoms with Crippen LogP contribution in [0, 0.1) is 0 Å². The van der Waals surface area contributed by atoms with Crippen LogP contribution in [0.15, 0.2) is 146 Å². The first kappa shape index (κ1) is 38.6. The molecule has 0 saturated carbocycles. The molecule has 3 heterocycles. The first-order chi connectivity index (χ1) is 22.7. The van der Waals surface area contributed by atoms with Gasteiger partial charge in [0.25, 0.3) is 0 Å². The third kappa shape index (κ3) is 11.7. The van der Waals surface area contributed by atoms with E-state index in [1.807, 2.05) is 54.6 Å². The molecule has 3 aromatic carbocycles. The van der Waals surface area contributed by atoms with Gasteiger partial charge in [0.15, 0.2) is 0 Å². The van der Waals surface area contributed by atoms with Crippen molar-refractivity contribution in [2.45, 2.75) is 18.5 Å². The number of alkyl halides is 9. The van der Waals surface area contributed by atoms with Crippen LogP contribution in [-0.4, -0.2) is 15.0 Å². The molecule has 0 bridgehead atoms. The van der Waals surface area contributed by atoms with Crippen molar-refractivity contribution in [3.63, 3.8) is 0 Å². The molecule has 0 spiro atoms. The van der Waals surface area contributed by atoms with Crippen LogP contribution in [-0.2, 0) is 38.6 Å². The summed E-state index contributed by atoms with van der Waals surface area (Å²) in [6.07, 6.45) is -10.4. The van der Waals surface area contributed by atoms with Crippen LogP contribution in [0.1, 0.15) is 16.7 Å². The van der Waals surface area contributed by atoms with E-state index >= 15 is 0 Å². The monoisotopic (exact) mass is 862 g/mol. The molecule has 0 atom stereocenters. The Labute approximate surface area is 288 Å². The van der Waals surface area contributed by atoms with E-state index in [-0.39, 0.29) is 20.1 Å². The molecular weight excluding hydrogens is 838 g/mol. The quantitative estimate of drug-likeness (QED) is 0.166. The van der Waals surface area contributed by atoms with Crippen molar-refractivity contribution in [3.8, 4) is 33.8 Å². The van der Waals surface area contributed by atoms with E-state index in [0.29, 0.717) is 17.1 Å². The molecule has 49 heavy (non-hydrogen) atoms. The summed E-state index contributed by atoms with van der Waals surface area (Å²) >= 11 is 0. The molecule has 0 fully saturated rings. The third-order valence-corrected chi connectivity index (χ3v) is 6.48. The van der Waals surface area contributed by atoms with Gasteiger partial charge in [0, 0.05) is 55.4 Å². The average molecular weight is 862 g/mol. The van der Waals surface area contributed by atoms with Crippen LogP contribution in [0.5, 0.6) is 0 Å². The van der Waals surface area contributed by atoms with Crippen LogP contribution >= 0.6 is 0 Å². The summed E-state index contributed by atoms with van der Waals surface area (Å²) < 4.78 is 111. The van der Waals surface area contributed by atoms with Gasteiger partial charge < -0.3 is 0 Å². The second-order valence-electron chi connectivity index (χ2n) is 9.89. The zero-order valence-electron chi connectivity index (χ0n) is 24.9. The summed E-state index contributed by atoms with van der Waals surface area (Å²) in [5.74, 6) is 0. The van der Waals surface area contributed by atoms with E-state index in [2.05, 4.69) is 15.0 Å². The Morgan fingerprint density at radius 2 is 0.531 bits per heavy atom. The van der Waals surface area contributed by atoms with Crippen molar-refractivity contribution in [1.29, 1.82) is 0 Å². The SMILES string of the molecule is FC(F)(F)c1ccc(-c2ccccc2)nc1.FC(F)(F)c1ccc(-c2ccccc2)nc1.FC(F)(F)c1ccc(-c2ccccc2)nc1.[Ir]. The van der Waals surface area contributed by atoms with Gasteiger partial charge in [0.2, 0.25) is 0 Å². The van der Waals surface area contributed by atoms with Crippen LogP contribution in [0.2, 0.25) is 0 Å². The van der Waals surface area contributed by atoms with Crippen molar-refractivity contribution in [1.82, 2.24) is 15.0 Å². The first-order valence-corrected chi connectivity index (χ1v) is 14.0. The fourth-order valence-corrected chi connectivity index (χ4v) is 4.02. The Kier molecular flexibility index (Phi) is 13.4. The normalized spacial score (nSPS) is 11.2. The number of halogens is 9. The second-order valence-corrected chi connectivity index (χ2v) is 9.89. The minimum Gasteiger partial charge on any atom is -0.256 e. The van der Waals surface area contributed by atoms with Gasteiger partial charge in [-0.15, -0.1) is 0 Å². The van der Waals surface area contributed by atoms with Gasteiger partial charge in [-0.05, 0) is 36.4 Å². The molecule has 1 radical (unpaired) electrons. The molecule has 13 heteroatoms. The molecule has 3 aromatic heterocycles. The maximum Gasteiger partial charge on any atom is 0.417 e. The molecule has 255 valence electrons. The number of hydrogen-bond acceptors (Lipinski definition) is 3. The Balaban J connectivity index is 0.000000197. The summed E-state index contributed by atoms with van der Waals surface area (Å²) in [5, 5.41) is 0. The van der Waals surface area contributed by atoms with Gasteiger partial charge in [-0.25, -0.2) is 0 Å². The summed E-state index contributed by atoms with van der Waals surface area (Å²) in [6, 6.07) is 34.4. The van der Waals surface area contributed by atoms with Gasteiger partial charge in [-0.2, -0.15) is 39.5 Å². The second kappa shape index (κ2) is 17.0. The fourth-order valence-electron chi connectivity index (χ4n) is 4.02. The largest absolute Gasteiger partial charge is 0.417 e. The Hall–Kier alpha value is -4.87. The molecule has 6 aromatic rings. The van der Waals surface area contributed by atoms with Crippen molar-refractivity contribution in [2.24, 2.45) is 0 Å². The molecule has 6 rings (SSSR count). The number of aromatic nitrogens is 3.